The third-order valence-corrected chi connectivity index (χ3v) is 4.29. The number of phenolic OH excluding ortho intramolecular Hbond substituents is 1. The number of hydrogen-bond acceptors (Lipinski definition) is 6. The van der Waals surface area contributed by atoms with Gasteiger partial charge in [0, 0.05) is 6.42 Å². The number of phenols is 1. The molecule has 30 heavy (non-hydrogen) atoms. The van der Waals surface area contributed by atoms with Crippen LogP contribution in [-0.2, 0) is 25.6 Å². The van der Waals surface area contributed by atoms with Gasteiger partial charge in [0.25, 0.3) is 0 Å². The lowest BCUT2D eigenvalue weighted by atomic mass is 10.0. The summed E-state index contributed by atoms with van der Waals surface area (Å²) in [6, 6.07) is 3.00. The number of benzene rings is 1. The van der Waals surface area contributed by atoms with Crippen LogP contribution < -0.4 is 21.7 Å². The molecule has 0 bridgehead atoms. The molecule has 1 aromatic carbocycles. The molecule has 3 amide bonds. The fraction of sp³-hybridized carbons (Fsp3) is 0.500. The molecule has 7 N–H and O–H groups in total. The van der Waals surface area contributed by atoms with Crippen molar-refractivity contribution in [3.63, 3.8) is 0 Å². The number of carbonyl (C=O) groups excluding carboxylic acids is 3. The minimum atomic E-state index is -1.16. The highest BCUT2D eigenvalue weighted by atomic mass is 16.4. The van der Waals surface area contributed by atoms with Crippen LogP contribution in [0.25, 0.3) is 0 Å². The first-order chi connectivity index (χ1) is 14.0. The van der Waals surface area contributed by atoms with E-state index >= 15 is 0 Å². The molecule has 0 aliphatic carbocycles. The van der Waals surface area contributed by atoms with E-state index in [9.17, 15) is 29.4 Å². The summed E-state index contributed by atoms with van der Waals surface area (Å²) in [5, 5.41) is 26.0. The van der Waals surface area contributed by atoms with Gasteiger partial charge < -0.3 is 31.9 Å². The van der Waals surface area contributed by atoms with Crippen LogP contribution in [0.1, 0.15) is 32.8 Å². The van der Waals surface area contributed by atoms with Crippen molar-refractivity contribution >= 4 is 23.7 Å². The van der Waals surface area contributed by atoms with Crippen molar-refractivity contribution in [3.05, 3.63) is 29.8 Å². The normalized spacial score (nSPS) is 13.8. The average molecular weight is 422 g/mol. The molecule has 3 unspecified atom stereocenters. The quantitative estimate of drug-likeness (QED) is 0.279. The molecule has 0 aliphatic heterocycles. The highest BCUT2D eigenvalue weighted by Crippen LogP contribution is 2.12. The van der Waals surface area contributed by atoms with Crippen molar-refractivity contribution in [1.82, 2.24) is 16.0 Å². The molecule has 0 fully saturated rings. The van der Waals surface area contributed by atoms with Crippen molar-refractivity contribution in [2.75, 3.05) is 6.54 Å². The van der Waals surface area contributed by atoms with Gasteiger partial charge >= 0.3 is 5.97 Å². The number of aliphatic carboxylic acids is 1. The fourth-order valence-electron chi connectivity index (χ4n) is 2.70. The second-order valence-electron chi connectivity index (χ2n) is 7.45. The third-order valence-electron chi connectivity index (χ3n) is 4.29. The van der Waals surface area contributed by atoms with Crippen molar-refractivity contribution in [2.24, 2.45) is 11.7 Å². The molecule has 1 aromatic rings. The highest BCUT2D eigenvalue weighted by Gasteiger charge is 2.27. The van der Waals surface area contributed by atoms with Gasteiger partial charge in [-0.2, -0.15) is 0 Å². The van der Waals surface area contributed by atoms with Gasteiger partial charge in [0.1, 0.15) is 23.9 Å². The van der Waals surface area contributed by atoms with E-state index in [4.69, 9.17) is 5.73 Å². The lowest BCUT2D eigenvalue weighted by molar-refractivity contribution is -0.142. The monoisotopic (exact) mass is 422 g/mol. The number of nitrogens with two attached hydrogens (primary N) is 1. The number of aromatic hydroxyl groups is 1. The first-order valence-corrected chi connectivity index (χ1v) is 9.64. The Bertz CT molecular complexity index is 750. The molecule has 10 heteroatoms. The maximum absolute atomic E-state index is 12.7. The largest absolute Gasteiger partial charge is 0.508 e. The summed E-state index contributed by atoms with van der Waals surface area (Å²) in [4.78, 5) is 48.1. The molecule has 0 saturated heterocycles. The zero-order chi connectivity index (χ0) is 22.8. The Balaban J connectivity index is 2.82. The number of carboxylic acids is 1. The summed E-state index contributed by atoms with van der Waals surface area (Å²) in [5.41, 5.74) is 5.98. The lowest BCUT2D eigenvalue weighted by Crippen LogP contribution is -2.55. The maximum Gasteiger partial charge on any atom is 0.326 e. The summed E-state index contributed by atoms with van der Waals surface area (Å²) in [5.74, 6) is -2.86. The maximum atomic E-state index is 12.7. The van der Waals surface area contributed by atoms with Gasteiger partial charge in [-0.1, -0.05) is 26.0 Å². The molecule has 0 aromatic heterocycles. The number of nitrogens with one attached hydrogen (secondary N) is 3. The first kappa shape index (κ1) is 24.9. The highest BCUT2D eigenvalue weighted by molar-refractivity contribution is 5.93. The van der Waals surface area contributed by atoms with Gasteiger partial charge in [0.2, 0.25) is 17.7 Å². The van der Waals surface area contributed by atoms with Crippen LogP contribution in [0.15, 0.2) is 24.3 Å². The van der Waals surface area contributed by atoms with Gasteiger partial charge in [-0.15, -0.1) is 0 Å². The zero-order valence-corrected chi connectivity index (χ0v) is 17.3. The molecular weight excluding hydrogens is 392 g/mol. The van der Waals surface area contributed by atoms with Crippen molar-refractivity contribution in [2.45, 2.75) is 51.7 Å². The van der Waals surface area contributed by atoms with E-state index in [2.05, 4.69) is 16.0 Å². The number of rotatable bonds is 11. The van der Waals surface area contributed by atoms with Crippen LogP contribution in [0, 0.1) is 5.92 Å². The molecule has 10 nitrogen and oxygen atoms in total. The molecule has 0 radical (unpaired) electrons. The first-order valence-electron chi connectivity index (χ1n) is 9.64. The Labute approximate surface area is 175 Å². The average Bonchev–Trinajstić information content (AvgIpc) is 2.67. The Morgan fingerprint density at radius 3 is 2.03 bits per heavy atom. The van der Waals surface area contributed by atoms with Crippen molar-refractivity contribution < 1.29 is 29.4 Å². The van der Waals surface area contributed by atoms with E-state index in [0.717, 1.165) is 0 Å². The SMILES string of the molecule is CC(C)CC(NC(=O)C(C)NC(=O)C(Cc1ccc(O)cc1)NC(=O)CN)C(=O)O. The van der Waals surface area contributed by atoms with Crippen LogP contribution in [0.5, 0.6) is 5.75 Å². The smallest absolute Gasteiger partial charge is 0.326 e. The predicted molar refractivity (Wildman–Crippen MR) is 109 cm³/mol. The van der Waals surface area contributed by atoms with Gasteiger partial charge in [0.15, 0.2) is 0 Å². The summed E-state index contributed by atoms with van der Waals surface area (Å²) in [6.07, 6.45) is 0.356. The molecule has 166 valence electrons. The molecule has 0 saturated carbocycles. The summed E-state index contributed by atoms with van der Waals surface area (Å²) >= 11 is 0. The predicted octanol–water partition coefficient (Wildman–Crippen LogP) is -0.502. The molecule has 3 atom stereocenters. The van der Waals surface area contributed by atoms with Gasteiger partial charge in [-0.05, 0) is 37.0 Å². The van der Waals surface area contributed by atoms with Crippen LogP contribution in [0.4, 0.5) is 0 Å². The Kier molecular flexibility index (Phi) is 9.76. The van der Waals surface area contributed by atoms with Gasteiger partial charge in [-0.25, -0.2) is 4.79 Å². The van der Waals surface area contributed by atoms with E-state index in [-0.39, 0.29) is 31.1 Å². The Morgan fingerprint density at radius 2 is 1.53 bits per heavy atom. The van der Waals surface area contributed by atoms with Crippen molar-refractivity contribution in [1.29, 1.82) is 0 Å². The van der Waals surface area contributed by atoms with Crippen LogP contribution in [0.2, 0.25) is 0 Å². The van der Waals surface area contributed by atoms with E-state index in [1.165, 1.54) is 19.1 Å². The molecule has 1 rings (SSSR count). The standard InChI is InChI=1S/C20H30N4O6/c1-11(2)8-16(20(29)30)24-18(27)12(3)22-19(28)15(23-17(26)10-21)9-13-4-6-14(25)7-5-13/h4-7,11-12,15-16,25H,8-10,21H2,1-3H3,(H,22,28)(H,23,26)(H,24,27)(H,29,30). The number of amides is 3. The minimum Gasteiger partial charge on any atom is -0.508 e. The van der Waals surface area contributed by atoms with Crippen molar-refractivity contribution in [3.8, 4) is 5.75 Å². The number of carbonyl (C=O) groups is 4. The van der Waals surface area contributed by atoms with E-state index in [1.807, 2.05) is 13.8 Å². The molecule has 0 spiro atoms. The zero-order valence-electron chi connectivity index (χ0n) is 17.3. The van der Waals surface area contributed by atoms with E-state index in [1.54, 1.807) is 12.1 Å². The summed E-state index contributed by atoms with van der Waals surface area (Å²) < 4.78 is 0. The van der Waals surface area contributed by atoms with E-state index < -0.39 is 41.8 Å². The molecule has 0 heterocycles. The minimum absolute atomic E-state index is 0.0532. The number of carboxylic acid groups (broad SMARTS) is 1. The summed E-state index contributed by atoms with van der Waals surface area (Å²) in [6.45, 7) is 4.78. The van der Waals surface area contributed by atoms with E-state index in [0.29, 0.717) is 5.56 Å². The summed E-state index contributed by atoms with van der Waals surface area (Å²) in [7, 11) is 0. The second kappa shape index (κ2) is 11.8. The van der Waals surface area contributed by atoms with Crippen LogP contribution >= 0.6 is 0 Å². The Morgan fingerprint density at radius 1 is 0.933 bits per heavy atom. The topological polar surface area (TPSA) is 171 Å². The van der Waals surface area contributed by atoms with Crippen LogP contribution in [-0.4, -0.2) is 58.6 Å². The molecular formula is C20H30N4O6. The van der Waals surface area contributed by atoms with Crippen LogP contribution in [0.3, 0.4) is 0 Å². The third kappa shape index (κ3) is 8.48. The van der Waals surface area contributed by atoms with Gasteiger partial charge in [-0.3, -0.25) is 14.4 Å². The fourth-order valence-corrected chi connectivity index (χ4v) is 2.70. The number of hydrogen-bond donors (Lipinski definition) is 6. The molecule has 0 aliphatic rings. The van der Waals surface area contributed by atoms with Gasteiger partial charge in [0.05, 0.1) is 6.54 Å². The Hall–Kier alpha value is -3.14. The lowest BCUT2D eigenvalue weighted by Gasteiger charge is -2.23. The second-order valence-corrected chi connectivity index (χ2v) is 7.45.